The molecule has 0 aliphatic carbocycles. The number of fused-ring (bicyclic) bond motifs is 3. The minimum atomic E-state index is -0.0863. The molecule has 0 spiro atoms. The highest BCUT2D eigenvalue weighted by molar-refractivity contribution is 5.73. The number of hydrogen-bond acceptors (Lipinski definition) is 1. The van der Waals surface area contributed by atoms with Crippen LogP contribution in [0.15, 0.2) is 85.1 Å². The maximum absolute atomic E-state index is 4.85. The lowest BCUT2D eigenvalue weighted by Gasteiger charge is -2.47. The van der Waals surface area contributed by atoms with Crippen LogP contribution in [0.5, 0.6) is 0 Å². The Bertz CT molecular complexity index is 1180. The van der Waals surface area contributed by atoms with E-state index < -0.39 is 0 Å². The van der Waals surface area contributed by atoms with Gasteiger partial charge in [-0.25, -0.2) is 4.68 Å². The van der Waals surface area contributed by atoms with Gasteiger partial charge in [0.15, 0.2) is 0 Å². The Morgan fingerprint density at radius 1 is 0.655 bits per heavy atom. The third-order valence-electron chi connectivity index (χ3n) is 7.01. The summed E-state index contributed by atoms with van der Waals surface area (Å²) < 4.78 is 2.16. The van der Waals surface area contributed by atoms with Gasteiger partial charge in [-0.05, 0) is 34.4 Å². The summed E-state index contributed by atoms with van der Waals surface area (Å²) in [5, 5.41) is 4.85. The smallest absolute Gasteiger partial charge is 0.0687 e. The molecule has 1 aromatic heterocycles. The van der Waals surface area contributed by atoms with Gasteiger partial charge in [0.2, 0.25) is 0 Å². The molecular formula is C27H26N2. The van der Waals surface area contributed by atoms with Crippen LogP contribution < -0.4 is 0 Å². The number of nitrogens with zero attached hydrogens (tertiary/aromatic N) is 2. The lowest BCUT2D eigenvalue weighted by molar-refractivity contribution is 0.276. The Labute approximate surface area is 172 Å². The van der Waals surface area contributed by atoms with Crippen molar-refractivity contribution in [2.24, 2.45) is 0 Å². The zero-order chi connectivity index (χ0) is 20.2. The van der Waals surface area contributed by atoms with Crippen LogP contribution in [-0.4, -0.2) is 9.78 Å². The molecule has 5 rings (SSSR count). The Hall–Kier alpha value is -3.13. The van der Waals surface area contributed by atoms with Crippen molar-refractivity contribution in [3.63, 3.8) is 0 Å². The number of hydrogen-bond donors (Lipinski definition) is 0. The molecule has 1 aliphatic rings. The van der Waals surface area contributed by atoms with Gasteiger partial charge in [-0.1, -0.05) is 94.4 Å². The summed E-state index contributed by atoms with van der Waals surface area (Å²) in [6.07, 6.45) is 2.03. The van der Waals surface area contributed by atoms with Crippen molar-refractivity contribution in [2.75, 3.05) is 0 Å². The summed E-state index contributed by atoms with van der Waals surface area (Å²) >= 11 is 0. The summed E-state index contributed by atoms with van der Waals surface area (Å²) in [6.45, 7) is 9.44. The van der Waals surface area contributed by atoms with Crippen LogP contribution in [0.2, 0.25) is 0 Å². The van der Waals surface area contributed by atoms with E-state index in [9.17, 15) is 0 Å². The van der Waals surface area contributed by atoms with Crippen molar-refractivity contribution < 1.29 is 0 Å². The molecule has 0 bridgehead atoms. The van der Waals surface area contributed by atoms with Gasteiger partial charge >= 0.3 is 0 Å². The van der Waals surface area contributed by atoms with E-state index in [0.717, 1.165) is 0 Å². The van der Waals surface area contributed by atoms with E-state index >= 15 is 0 Å². The quantitative estimate of drug-likeness (QED) is 0.376. The van der Waals surface area contributed by atoms with Gasteiger partial charge in [0.1, 0.15) is 0 Å². The molecule has 0 fully saturated rings. The van der Waals surface area contributed by atoms with Crippen molar-refractivity contribution in [1.29, 1.82) is 0 Å². The average molecular weight is 379 g/mol. The van der Waals surface area contributed by atoms with Crippen LogP contribution in [0.4, 0.5) is 0 Å². The largest absolute Gasteiger partial charge is 0.236 e. The Morgan fingerprint density at radius 2 is 1.28 bits per heavy atom. The first-order valence-electron chi connectivity index (χ1n) is 10.3. The van der Waals surface area contributed by atoms with Crippen LogP contribution >= 0.6 is 0 Å². The summed E-state index contributed by atoms with van der Waals surface area (Å²) in [5.74, 6) is 0. The molecule has 29 heavy (non-hydrogen) atoms. The molecule has 0 amide bonds. The zero-order valence-corrected chi connectivity index (χ0v) is 17.5. The first-order chi connectivity index (χ1) is 13.9. The minimum absolute atomic E-state index is 0.0489. The van der Waals surface area contributed by atoms with Crippen LogP contribution in [0, 0.1) is 0 Å². The van der Waals surface area contributed by atoms with E-state index in [1.54, 1.807) is 0 Å². The lowest BCUT2D eigenvalue weighted by atomic mass is 9.59. The SMILES string of the molecule is CC1(C)c2cc(-c3ccccc3)ccc2-n2ncc(-c3ccccc3)c2C1(C)C. The summed E-state index contributed by atoms with van der Waals surface area (Å²) in [5.41, 5.74) is 8.64. The molecule has 0 radical (unpaired) electrons. The summed E-state index contributed by atoms with van der Waals surface area (Å²) in [7, 11) is 0. The van der Waals surface area contributed by atoms with Gasteiger partial charge in [-0.2, -0.15) is 5.10 Å². The van der Waals surface area contributed by atoms with Gasteiger partial charge in [-0.3, -0.25) is 0 Å². The Balaban J connectivity index is 1.77. The molecule has 144 valence electrons. The topological polar surface area (TPSA) is 17.8 Å². The van der Waals surface area contributed by atoms with Crippen LogP contribution in [0.1, 0.15) is 39.0 Å². The van der Waals surface area contributed by atoms with Gasteiger partial charge in [0.05, 0.1) is 17.6 Å². The fourth-order valence-electron chi connectivity index (χ4n) is 4.63. The van der Waals surface area contributed by atoms with Crippen molar-refractivity contribution in [2.45, 2.75) is 38.5 Å². The normalized spacial score (nSPS) is 16.1. The monoisotopic (exact) mass is 378 g/mol. The molecule has 3 aromatic carbocycles. The minimum Gasteiger partial charge on any atom is -0.236 e. The number of benzene rings is 3. The van der Waals surface area contributed by atoms with Gasteiger partial charge in [-0.15, -0.1) is 0 Å². The highest BCUT2D eigenvalue weighted by Crippen LogP contribution is 2.52. The molecule has 0 N–H and O–H groups in total. The molecule has 1 aliphatic heterocycles. The lowest BCUT2D eigenvalue weighted by Crippen LogP contribution is -2.46. The van der Waals surface area contributed by atoms with Crippen LogP contribution in [-0.2, 0) is 10.8 Å². The predicted molar refractivity (Wildman–Crippen MR) is 120 cm³/mol. The second kappa shape index (κ2) is 6.18. The van der Waals surface area contributed by atoms with Gasteiger partial charge in [0.25, 0.3) is 0 Å². The highest BCUT2D eigenvalue weighted by atomic mass is 15.3. The Morgan fingerprint density at radius 3 is 1.93 bits per heavy atom. The van der Waals surface area contributed by atoms with E-state index in [2.05, 4.69) is 111 Å². The molecule has 0 unspecified atom stereocenters. The standard InChI is InChI=1S/C27H26N2/c1-26(2)23-17-21(19-11-7-5-8-12-19)15-16-24(23)29-25(27(26,3)4)22(18-28-29)20-13-9-6-10-14-20/h5-18H,1-4H3. The molecule has 0 saturated heterocycles. The molecule has 2 heteroatoms. The van der Waals surface area contributed by atoms with E-state index in [-0.39, 0.29) is 10.8 Å². The third-order valence-corrected chi connectivity index (χ3v) is 7.01. The van der Waals surface area contributed by atoms with E-state index in [1.807, 2.05) is 6.20 Å². The van der Waals surface area contributed by atoms with Crippen molar-refractivity contribution >= 4 is 0 Å². The molecule has 0 atom stereocenters. The first-order valence-corrected chi connectivity index (χ1v) is 10.3. The predicted octanol–water partition coefficient (Wildman–Crippen LogP) is 6.78. The molecule has 4 aromatic rings. The summed E-state index contributed by atoms with van der Waals surface area (Å²) in [6, 6.07) is 28.0. The fraction of sp³-hybridized carbons (Fsp3) is 0.222. The third kappa shape index (κ3) is 2.52. The van der Waals surface area contributed by atoms with Crippen molar-refractivity contribution in [1.82, 2.24) is 9.78 Å². The maximum Gasteiger partial charge on any atom is 0.0687 e. The first kappa shape index (κ1) is 17.9. The molecule has 2 nitrogen and oxygen atoms in total. The summed E-state index contributed by atoms with van der Waals surface area (Å²) in [4.78, 5) is 0. The van der Waals surface area contributed by atoms with Crippen molar-refractivity contribution in [3.05, 3.63) is 96.3 Å². The second-order valence-electron chi connectivity index (χ2n) is 9.03. The Kier molecular flexibility index (Phi) is 3.82. The zero-order valence-electron chi connectivity index (χ0n) is 17.5. The maximum atomic E-state index is 4.85. The molecular weight excluding hydrogens is 352 g/mol. The number of rotatable bonds is 2. The van der Waals surface area contributed by atoms with Crippen LogP contribution in [0.25, 0.3) is 27.9 Å². The molecule has 2 heterocycles. The van der Waals surface area contributed by atoms with E-state index in [4.69, 9.17) is 5.10 Å². The number of aromatic nitrogens is 2. The second-order valence-corrected chi connectivity index (χ2v) is 9.03. The van der Waals surface area contributed by atoms with Gasteiger partial charge < -0.3 is 0 Å². The molecule has 0 saturated carbocycles. The average Bonchev–Trinajstić information content (AvgIpc) is 3.20. The van der Waals surface area contributed by atoms with Gasteiger partial charge in [0, 0.05) is 16.4 Å². The van der Waals surface area contributed by atoms with Crippen LogP contribution in [0.3, 0.4) is 0 Å². The van der Waals surface area contributed by atoms with E-state index in [1.165, 1.54) is 39.2 Å². The highest BCUT2D eigenvalue weighted by Gasteiger charge is 2.48. The van der Waals surface area contributed by atoms with E-state index in [0.29, 0.717) is 0 Å². The van der Waals surface area contributed by atoms with Crippen molar-refractivity contribution in [3.8, 4) is 27.9 Å². The fourth-order valence-corrected chi connectivity index (χ4v) is 4.63.